The fourth-order valence-electron chi connectivity index (χ4n) is 0.799. The van der Waals surface area contributed by atoms with Crippen molar-refractivity contribution in [1.82, 2.24) is 10.3 Å². The minimum Gasteiger partial charge on any atom is -0.318 e. The van der Waals surface area contributed by atoms with Crippen LogP contribution in [0, 0.1) is 0 Å². The quantitative estimate of drug-likeness (QED) is 0.456. The molecule has 4 nitrogen and oxygen atoms in total. The zero-order valence-electron chi connectivity index (χ0n) is 5.54. The molecule has 0 spiro atoms. The Morgan fingerprint density at radius 3 is 3.10 bits per heavy atom. The number of carbonyl (C=O) groups excluding carboxylic acids is 1. The standard InChI is InChI=1S/C5H8ClN3O/c1-2-9-4(3-10)7-8-5(9)6/h3-4,7H,2H2,1H3. The fourth-order valence-corrected chi connectivity index (χ4v) is 1.07. The highest BCUT2D eigenvalue weighted by Crippen LogP contribution is 2.05. The van der Waals surface area contributed by atoms with Crippen LogP contribution in [-0.4, -0.2) is 29.2 Å². The van der Waals surface area contributed by atoms with Crippen LogP contribution in [0.1, 0.15) is 6.92 Å². The largest absolute Gasteiger partial charge is 0.318 e. The average molecular weight is 162 g/mol. The molecule has 1 unspecified atom stereocenters. The van der Waals surface area contributed by atoms with Gasteiger partial charge in [-0.05, 0) is 18.5 Å². The van der Waals surface area contributed by atoms with E-state index < -0.39 is 0 Å². The summed E-state index contributed by atoms with van der Waals surface area (Å²) in [4.78, 5) is 11.9. The van der Waals surface area contributed by atoms with Crippen LogP contribution >= 0.6 is 11.6 Å². The van der Waals surface area contributed by atoms with Crippen LogP contribution in [0.15, 0.2) is 5.10 Å². The lowest BCUT2D eigenvalue weighted by molar-refractivity contribution is -0.111. The number of nitrogens with zero attached hydrogens (tertiary/aromatic N) is 2. The van der Waals surface area contributed by atoms with E-state index in [1.165, 1.54) is 0 Å². The van der Waals surface area contributed by atoms with E-state index in [4.69, 9.17) is 11.6 Å². The van der Waals surface area contributed by atoms with Gasteiger partial charge in [0, 0.05) is 6.54 Å². The molecule has 0 fully saturated rings. The Morgan fingerprint density at radius 1 is 2.00 bits per heavy atom. The molecule has 0 aliphatic carbocycles. The van der Waals surface area contributed by atoms with Crippen molar-refractivity contribution in [3.05, 3.63) is 0 Å². The van der Waals surface area contributed by atoms with Gasteiger partial charge in [-0.3, -0.25) is 10.2 Å². The monoisotopic (exact) mass is 161 g/mol. The van der Waals surface area contributed by atoms with E-state index in [9.17, 15) is 4.79 Å². The number of hydrogen-bond acceptors (Lipinski definition) is 4. The second-order valence-corrected chi connectivity index (χ2v) is 2.21. The number of carbonyl (C=O) groups is 1. The van der Waals surface area contributed by atoms with Gasteiger partial charge in [-0.25, -0.2) is 0 Å². The van der Waals surface area contributed by atoms with Crippen LogP contribution in [0.25, 0.3) is 0 Å². The van der Waals surface area contributed by atoms with Crippen molar-refractivity contribution in [1.29, 1.82) is 0 Å². The Kier molecular flexibility index (Phi) is 2.11. The van der Waals surface area contributed by atoms with Crippen LogP contribution in [0.2, 0.25) is 0 Å². The molecule has 0 amide bonds. The molecule has 1 N–H and O–H groups in total. The van der Waals surface area contributed by atoms with Gasteiger partial charge in [0.15, 0.2) is 12.5 Å². The Balaban J connectivity index is 2.62. The maximum atomic E-state index is 10.3. The van der Waals surface area contributed by atoms with E-state index in [1.54, 1.807) is 4.90 Å². The highest BCUT2D eigenvalue weighted by Gasteiger charge is 2.23. The third-order valence-electron chi connectivity index (χ3n) is 1.33. The minimum atomic E-state index is -0.377. The van der Waals surface area contributed by atoms with Crippen LogP contribution in [0.3, 0.4) is 0 Å². The maximum absolute atomic E-state index is 10.3. The van der Waals surface area contributed by atoms with Crippen molar-refractivity contribution >= 4 is 23.2 Å². The third-order valence-corrected chi connectivity index (χ3v) is 1.63. The molecule has 1 atom stereocenters. The number of amidine groups is 1. The molecule has 1 rings (SSSR count). The molecule has 0 saturated heterocycles. The maximum Gasteiger partial charge on any atom is 0.218 e. The Bertz CT molecular complexity index is 170. The summed E-state index contributed by atoms with van der Waals surface area (Å²) in [7, 11) is 0. The molecule has 0 bridgehead atoms. The molecule has 0 aromatic heterocycles. The Morgan fingerprint density at radius 2 is 2.70 bits per heavy atom. The average Bonchev–Trinajstić information content (AvgIpc) is 2.30. The van der Waals surface area contributed by atoms with Crippen molar-refractivity contribution in [3.63, 3.8) is 0 Å². The third kappa shape index (κ3) is 1.07. The van der Waals surface area contributed by atoms with E-state index in [1.807, 2.05) is 6.92 Å². The zero-order chi connectivity index (χ0) is 7.56. The molecule has 1 aliphatic heterocycles. The van der Waals surface area contributed by atoms with Gasteiger partial charge in [0.05, 0.1) is 0 Å². The Labute approximate surface area is 63.8 Å². The van der Waals surface area contributed by atoms with E-state index in [0.29, 0.717) is 11.8 Å². The number of rotatable bonds is 2. The minimum absolute atomic E-state index is 0.347. The zero-order valence-corrected chi connectivity index (χ0v) is 6.30. The number of hydrazone groups is 1. The first-order chi connectivity index (χ1) is 4.79. The smallest absolute Gasteiger partial charge is 0.218 e. The molecule has 0 radical (unpaired) electrons. The van der Waals surface area contributed by atoms with Gasteiger partial charge in [0.25, 0.3) is 0 Å². The lowest BCUT2D eigenvalue weighted by atomic mass is 10.5. The predicted octanol–water partition coefficient (Wildman–Crippen LogP) is -0.0537. The topological polar surface area (TPSA) is 44.7 Å². The van der Waals surface area contributed by atoms with Gasteiger partial charge < -0.3 is 4.90 Å². The lowest BCUT2D eigenvalue weighted by Gasteiger charge is -2.17. The summed E-state index contributed by atoms with van der Waals surface area (Å²) in [6.07, 6.45) is 0.389. The van der Waals surface area contributed by atoms with E-state index in [2.05, 4.69) is 10.5 Å². The summed E-state index contributed by atoms with van der Waals surface area (Å²) >= 11 is 5.61. The summed E-state index contributed by atoms with van der Waals surface area (Å²) in [5.41, 5.74) is 2.57. The molecule has 0 saturated carbocycles. The molecule has 0 aromatic rings. The summed E-state index contributed by atoms with van der Waals surface area (Å²) in [6.45, 7) is 2.58. The molecule has 1 aliphatic rings. The van der Waals surface area contributed by atoms with Gasteiger partial charge in [0.2, 0.25) is 5.29 Å². The number of hydrogen-bond donors (Lipinski definition) is 1. The van der Waals surface area contributed by atoms with E-state index >= 15 is 0 Å². The number of likely N-dealkylation sites (N-methyl/N-ethyl adjacent to an activating group) is 1. The van der Waals surface area contributed by atoms with Crippen LogP contribution in [0.5, 0.6) is 0 Å². The molecule has 1 heterocycles. The predicted molar refractivity (Wildman–Crippen MR) is 38.7 cm³/mol. The number of halogens is 1. The molecular formula is C5H8ClN3O. The molecule has 10 heavy (non-hydrogen) atoms. The fraction of sp³-hybridized carbons (Fsp3) is 0.600. The lowest BCUT2D eigenvalue weighted by Crippen LogP contribution is -2.39. The first-order valence-corrected chi connectivity index (χ1v) is 3.38. The first kappa shape index (κ1) is 7.34. The summed E-state index contributed by atoms with van der Waals surface area (Å²) in [5, 5.41) is 4.01. The molecule has 5 heteroatoms. The van der Waals surface area contributed by atoms with Gasteiger partial charge in [-0.15, -0.1) is 5.10 Å². The molecule has 0 aromatic carbocycles. The summed E-state index contributed by atoms with van der Waals surface area (Å²) in [5.74, 6) is 0. The normalized spacial score (nSPS) is 24.0. The van der Waals surface area contributed by atoms with Crippen molar-refractivity contribution in [2.24, 2.45) is 5.10 Å². The molecular weight excluding hydrogens is 154 g/mol. The van der Waals surface area contributed by atoms with Gasteiger partial charge in [-0.1, -0.05) is 0 Å². The summed E-state index contributed by atoms with van der Waals surface area (Å²) in [6, 6.07) is 0. The number of aldehydes is 1. The first-order valence-electron chi connectivity index (χ1n) is 3.00. The SMILES string of the molecule is CCN1C(Cl)=NNC1C=O. The van der Waals surface area contributed by atoms with Crippen molar-refractivity contribution < 1.29 is 4.79 Å². The second kappa shape index (κ2) is 2.88. The van der Waals surface area contributed by atoms with Crippen LogP contribution in [-0.2, 0) is 4.79 Å². The highest BCUT2D eigenvalue weighted by atomic mass is 35.5. The van der Waals surface area contributed by atoms with Gasteiger partial charge in [0.1, 0.15) is 0 Å². The van der Waals surface area contributed by atoms with E-state index in [0.717, 1.165) is 6.29 Å². The highest BCUT2D eigenvalue weighted by molar-refractivity contribution is 6.64. The summed E-state index contributed by atoms with van der Waals surface area (Å²) < 4.78 is 0. The van der Waals surface area contributed by atoms with E-state index in [-0.39, 0.29) is 6.17 Å². The van der Waals surface area contributed by atoms with Crippen LogP contribution in [0.4, 0.5) is 0 Å². The second-order valence-electron chi connectivity index (χ2n) is 1.88. The number of nitrogens with one attached hydrogen (secondary N) is 1. The van der Waals surface area contributed by atoms with Gasteiger partial charge >= 0.3 is 0 Å². The van der Waals surface area contributed by atoms with Crippen LogP contribution < -0.4 is 5.43 Å². The molecule has 56 valence electrons. The van der Waals surface area contributed by atoms with Gasteiger partial charge in [-0.2, -0.15) is 0 Å². The van der Waals surface area contributed by atoms with Crippen molar-refractivity contribution in [2.45, 2.75) is 13.1 Å². The van der Waals surface area contributed by atoms with Crippen molar-refractivity contribution in [3.8, 4) is 0 Å². The Hall–Kier alpha value is -0.770. The van der Waals surface area contributed by atoms with Crippen molar-refractivity contribution in [2.75, 3.05) is 6.54 Å².